The highest BCUT2D eigenvalue weighted by Crippen LogP contribution is 2.07. The molecule has 6 heteroatoms. The highest BCUT2D eigenvalue weighted by Gasteiger charge is 2.09. The first kappa shape index (κ1) is 17.1. The fourth-order valence-electron chi connectivity index (χ4n) is 2.05. The Balaban J connectivity index is 1.95. The van der Waals surface area contributed by atoms with E-state index in [4.69, 9.17) is 4.74 Å². The number of aliphatic hydroxyl groups excluding tert-OH is 1. The van der Waals surface area contributed by atoms with E-state index in [9.17, 15) is 5.11 Å². The fraction of sp³-hybridized carbons (Fsp3) is 0.857. The molecule has 0 saturated heterocycles. The summed E-state index contributed by atoms with van der Waals surface area (Å²) in [6, 6.07) is 0. The van der Waals surface area contributed by atoms with Gasteiger partial charge in [0.05, 0.1) is 25.0 Å². The van der Waals surface area contributed by atoms with E-state index in [1.807, 2.05) is 6.20 Å². The van der Waals surface area contributed by atoms with E-state index in [-0.39, 0.29) is 6.10 Å². The maximum Gasteiger partial charge on any atom is 0.0897 e. The third-order valence-corrected chi connectivity index (χ3v) is 2.97. The summed E-state index contributed by atoms with van der Waals surface area (Å²) < 4.78 is 7.42. The lowest BCUT2D eigenvalue weighted by Crippen LogP contribution is -2.32. The molecular weight excluding hydrogens is 256 g/mol. The highest BCUT2D eigenvalue weighted by atomic mass is 16.5. The molecule has 6 nitrogen and oxygen atoms in total. The van der Waals surface area contributed by atoms with Crippen LogP contribution in [-0.2, 0) is 11.3 Å². The van der Waals surface area contributed by atoms with Crippen LogP contribution in [0.15, 0.2) is 12.4 Å². The Bertz CT molecular complexity index is 330. The summed E-state index contributed by atoms with van der Waals surface area (Å²) in [5.74, 6) is 0.622. The summed E-state index contributed by atoms with van der Waals surface area (Å²) >= 11 is 0. The van der Waals surface area contributed by atoms with Crippen molar-refractivity contribution >= 4 is 0 Å². The second-order valence-electron chi connectivity index (χ2n) is 5.65. The molecule has 0 amide bonds. The topological polar surface area (TPSA) is 72.2 Å². The molecule has 1 heterocycles. The zero-order valence-electron chi connectivity index (χ0n) is 12.8. The monoisotopic (exact) mass is 284 g/mol. The lowest BCUT2D eigenvalue weighted by molar-refractivity contribution is -0.00844. The van der Waals surface area contributed by atoms with Gasteiger partial charge in [-0.3, -0.25) is 4.68 Å². The Morgan fingerprint density at radius 1 is 1.35 bits per heavy atom. The first-order valence-corrected chi connectivity index (χ1v) is 7.42. The molecule has 0 aliphatic heterocycles. The molecular formula is C14H28N4O2. The molecule has 0 aliphatic rings. The molecule has 0 radical (unpaired) electrons. The molecule has 116 valence electrons. The molecule has 0 aromatic carbocycles. The van der Waals surface area contributed by atoms with Crippen LogP contribution >= 0.6 is 0 Å². The first-order chi connectivity index (χ1) is 9.58. The molecule has 2 unspecified atom stereocenters. The third-order valence-electron chi connectivity index (χ3n) is 2.97. The Morgan fingerprint density at radius 3 is 2.80 bits per heavy atom. The summed E-state index contributed by atoms with van der Waals surface area (Å²) in [6.07, 6.45) is 5.26. The second-order valence-corrected chi connectivity index (χ2v) is 5.65. The Labute approximate surface area is 121 Å². The molecule has 0 saturated carbocycles. The van der Waals surface area contributed by atoms with E-state index in [1.165, 1.54) is 0 Å². The summed E-state index contributed by atoms with van der Waals surface area (Å²) in [6.45, 7) is 9.04. The summed E-state index contributed by atoms with van der Waals surface area (Å²) in [5, 5.41) is 20.7. The van der Waals surface area contributed by atoms with Crippen molar-refractivity contribution in [3.05, 3.63) is 12.4 Å². The SMILES string of the molecule is CC(C)CC(C)OCC(O)CNCCCn1ccnn1. The molecule has 0 bridgehead atoms. The number of hydrogen-bond acceptors (Lipinski definition) is 5. The van der Waals surface area contributed by atoms with E-state index in [0.717, 1.165) is 25.9 Å². The number of rotatable bonds is 11. The Morgan fingerprint density at radius 2 is 2.15 bits per heavy atom. The normalized spacial score (nSPS) is 14.7. The van der Waals surface area contributed by atoms with Crippen LogP contribution in [0.1, 0.15) is 33.6 Å². The summed E-state index contributed by atoms with van der Waals surface area (Å²) in [5.41, 5.74) is 0. The van der Waals surface area contributed by atoms with E-state index in [0.29, 0.717) is 19.1 Å². The Kier molecular flexibility index (Phi) is 8.41. The van der Waals surface area contributed by atoms with Gasteiger partial charge in [-0.05, 0) is 32.2 Å². The largest absolute Gasteiger partial charge is 0.389 e. The molecule has 2 atom stereocenters. The van der Waals surface area contributed by atoms with Crippen LogP contribution in [0.4, 0.5) is 0 Å². The van der Waals surface area contributed by atoms with Crippen LogP contribution in [0, 0.1) is 5.92 Å². The third kappa shape index (κ3) is 8.24. The van der Waals surface area contributed by atoms with E-state index in [1.54, 1.807) is 10.9 Å². The van der Waals surface area contributed by atoms with Crippen LogP contribution < -0.4 is 5.32 Å². The van der Waals surface area contributed by atoms with Gasteiger partial charge >= 0.3 is 0 Å². The van der Waals surface area contributed by atoms with Gasteiger partial charge in [-0.1, -0.05) is 19.1 Å². The first-order valence-electron chi connectivity index (χ1n) is 7.42. The van der Waals surface area contributed by atoms with Gasteiger partial charge in [-0.15, -0.1) is 5.10 Å². The van der Waals surface area contributed by atoms with Crippen molar-refractivity contribution in [2.45, 2.75) is 52.4 Å². The molecule has 1 aromatic rings. The number of aryl methyl sites for hydroxylation is 1. The zero-order chi connectivity index (χ0) is 14.8. The molecule has 1 aromatic heterocycles. The van der Waals surface area contributed by atoms with Gasteiger partial charge in [0.15, 0.2) is 0 Å². The standard InChI is InChI=1S/C14H28N4O2/c1-12(2)9-13(3)20-11-14(19)10-15-5-4-7-18-8-6-16-17-18/h6,8,12-15,19H,4-5,7,9-11H2,1-3H3. The van der Waals surface area contributed by atoms with Crippen molar-refractivity contribution in [3.63, 3.8) is 0 Å². The predicted molar refractivity (Wildman–Crippen MR) is 78.4 cm³/mol. The summed E-state index contributed by atoms with van der Waals surface area (Å²) in [4.78, 5) is 0. The lowest BCUT2D eigenvalue weighted by atomic mass is 10.1. The predicted octanol–water partition coefficient (Wildman–Crippen LogP) is 1.07. The number of nitrogens with one attached hydrogen (secondary N) is 1. The van der Waals surface area contributed by atoms with Crippen molar-refractivity contribution in [3.8, 4) is 0 Å². The fourth-order valence-corrected chi connectivity index (χ4v) is 2.05. The smallest absolute Gasteiger partial charge is 0.0897 e. The van der Waals surface area contributed by atoms with E-state index >= 15 is 0 Å². The van der Waals surface area contributed by atoms with Crippen LogP contribution in [0.2, 0.25) is 0 Å². The number of nitrogens with zero attached hydrogens (tertiary/aromatic N) is 3. The van der Waals surface area contributed by atoms with Crippen LogP contribution in [-0.4, -0.2) is 52.0 Å². The lowest BCUT2D eigenvalue weighted by Gasteiger charge is -2.18. The van der Waals surface area contributed by atoms with E-state index in [2.05, 4.69) is 36.4 Å². The van der Waals surface area contributed by atoms with Crippen molar-refractivity contribution in [1.82, 2.24) is 20.3 Å². The second kappa shape index (κ2) is 9.85. The maximum absolute atomic E-state index is 9.80. The van der Waals surface area contributed by atoms with Crippen molar-refractivity contribution in [2.24, 2.45) is 5.92 Å². The number of hydrogen-bond donors (Lipinski definition) is 2. The quantitative estimate of drug-likeness (QED) is 0.595. The van der Waals surface area contributed by atoms with Crippen molar-refractivity contribution in [2.75, 3.05) is 19.7 Å². The molecule has 1 rings (SSSR count). The molecule has 0 aliphatic carbocycles. The van der Waals surface area contributed by atoms with Crippen molar-refractivity contribution < 1.29 is 9.84 Å². The minimum absolute atomic E-state index is 0.206. The van der Waals surface area contributed by atoms with Crippen LogP contribution in [0.25, 0.3) is 0 Å². The summed E-state index contributed by atoms with van der Waals surface area (Å²) in [7, 11) is 0. The molecule has 20 heavy (non-hydrogen) atoms. The highest BCUT2D eigenvalue weighted by molar-refractivity contribution is 4.65. The maximum atomic E-state index is 9.80. The van der Waals surface area contributed by atoms with Gasteiger partial charge in [0.1, 0.15) is 0 Å². The van der Waals surface area contributed by atoms with E-state index < -0.39 is 6.10 Å². The van der Waals surface area contributed by atoms with Gasteiger partial charge in [-0.25, -0.2) is 0 Å². The number of ether oxygens (including phenoxy) is 1. The van der Waals surface area contributed by atoms with Gasteiger partial charge in [0.2, 0.25) is 0 Å². The van der Waals surface area contributed by atoms with Crippen molar-refractivity contribution in [1.29, 1.82) is 0 Å². The molecule has 0 spiro atoms. The van der Waals surface area contributed by atoms with Gasteiger partial charge < -0.3 is 15.2 Å². The minimum atomic E-state index is -0.448. The van der Waals surface area contributed by atoms with Crippen LogP contribution in [0.3, 0.4) is 0 Å². The minimum Gasteiger partial charge on any atom is -0.389 e. The zero-order valence-corrected chi connectivity index (χ0v) is 12.8. The van der Waals surface area contributed by atoms with Crippen LogP contribution in [0.5, 0.6) is 0 Å². The average molecular weight is 284 g/mol. The van der Waals surface area contributed by atoms with Gasteiger partial charge in [0.25, 0.3) is 0 Å². The molecule has 0 fully saturated rings. The molecule has 2 N–H and O–H groups in total. The van der Waals surface area contributed by atoms with Gasteiger partial charge in [0, 0.05) is 19.3 Å². The van der Waals surface area contributed by atoms with Gasteiger partial charge in [-0.2, -0.15) is 0 Å². The average Bonchev–Trinajstić information content (AvgIpc) is 2.88. The number of aromatic nitrogens is 3. The number of aliphatic hydroxyl groups is 1. The Hall–Kier alpha value is -0.980.